The van der Waals surface area contributed by atoms with Crippen molar-refractivity contribution in [2.24, 2.45) is 0 Å². The summed E-state index contributed by atoms with van der Waals surface area (Å²) in [5.41, 5.74) is 3.61. The minimum absolute atomic E-state index is 0.0560. The molecule has 0 aliphatic carbocycles. The van der Waals surface area contributed by atoms with Crippen molar-refractivity contribution in [3.63, 3.8) is 0 Å². The number of carbonyl (C=O) groups is 1. The van der Waals surface area contributed by atoms with Gasteiger partial charge in [-0.15, -0.1) is 0 Å². The topological polar surface area (TPSA) is 57.5 Å². The van der Waals surface area contributed by atoms with Crippen LogP contribution in [0.3, 0.4) is 0 Å². The Morgan fingerprint density at radius 2 is 1.81 bits per heavy atom. The van der Waals surface area contributed by atoms with Crippen molar-refractivity contribution in [1.29, 1.82) is 0 Å². The number of hydrogen-bond donors (Lipinski definition) is 2. The van der Waals surface area contributed by atoms with Gasteiger partial charge in [-0.2, -0.15) is 0 Å². The minimum atomic E-state index is -0.727. The smallest absolute Gasteiger partial charge is 0.159 e. The van der Waals surface area contributed by atoms with Gasteiger partial charge in [0.25, 0.3) is 0 Å². The molecule has 0 radical (unpaired) electrons. The summed E-state index contributed by atoms with van der Waals surface area (Å²) in [5.74, 6) is 0.0947. The van der Waals surface area contributed by atoms with E-state index in [1.807, 2.05) is 19.9 Å². The van der Waals surface area contributed by atoms with Crippen LogP contribution in [0.2, 0.25) is 0 Å². The SMILES string of the molecule is C=C(C)C(O)Cc1cc(C(C)=O)cc(CC=C(C)C)c1O. The fraction of sp³-hybridized carbons (Fsp3) is 0.389. The monoisotopic (exact) mass is 288 g/mol. The van der Waals surface area contributed by atoms with Gasteiger partial charge in [-0.3, -0.25) is 4.79 Å². The first-order chi connectivity index (χ1) is 9.72. The van der Waals surface area contributed by atoms with Gasteiger partial charge in [-0.1, -0.05) is 23.8 Å². The first-order valence-electron chi connectivity index (χ1n) is 7.05. The molecule has 0 saturated carbocycles. The summed E-state index contributed by atoms with van der Waals surface area (Å²) in [5, 5.41) is 20.3. The predicted octanol–water partition coefficient (Wildman–Crippen LogP) is 3.58. The standard InChI is InChI=1S/C18H24O3/c1-11(2)6-7-14-8-15(13(5)19)9-16(18(14)21)10-17(20)12(3)4/h6,8-9,17,20-21H,3,7,10H2,1-2,4-5H3. The van der Waals surface area contributed by atoms with Gasteiger partial charge in [-0.25, -0.2) is 0 Å². The molecular weight excluding hydrogens is 264 g/mol. The van der Waals surface area contributed by atoms with E-state index in [-0.39, 0.29) is 18.0 Å². The lowest BCUT2D eigenvalue weighted by Crippen LogP contribution is -2.12. The van der Waals surface area contributed by atoms with E-state index in [9.17, 15) is 15.0 Å². The van der Waals surface area contributed by atoms with Crippen molar-refractivity contribution in [3.8, 4) is 5.75 Å². The van der Waals surface area contributed by atoms with Crippen LogP contribution in [-0.2, 0) is 12.8 Å². The van der Waals surface area contributed by atoms with Crippen molar-refractivity contribution in [1.82, 2.24) is 0 Å². The second-order valence-electron chi connectivity index (χ2n) is 5.75. The van der Waals surface area contributed by atoms with Crippen LogP contribution in [0.5, 0.6) is 5.75 Å². The van der Waals surface area contributed by atoms with Gasteiger partial charge in [-0.05, 0) is 57.4 Å². The van der Waals surface area contributed by atoms with E-state index in [4.69, 9.17) is 0 Å². The zero-order valence-electron chi connectivity index (χ0n) is 13.2. The van der Waals surface area contributed by atoms with Gasteiger partial charge in [0, 0.05) is 12.0 Å². The van der Waals surface area contributed by atoms with Crippen LogP contribution in [0.25, 0.3) is 0 Å². The van der Waals surface area contributed by atoms with Crippen molar-refractivity contribution in [3.05, 3.63) is 52.6 Å². The quantitative estimate of drug-likeness (QED) is 0.621. The van der Waals surface area contributed by atoms with Crippen LogP contribution in [0.15, 0.2) is 35.9 Å². The average molecular weight is 288 g/mol. The molecule has 1 aromatic carbocycles. The second kappa shape index (κ2) is 7.23. The van der Waals surface area contributed by atoms with Crippen molar-refractivity contribution >= 4 is 5.78 Å². The highest BCUT2D eigenvalue weighted by Crippen LogP contribution is 2.28. The Hall–Kier alpha value is -1.87. The molecule has 0 aromatic heterocycles. The molecule has 1 atom stereocenters. The summed E-state index contributed by atoms with van der Waals surface area (Å²) in [6, 6.07) is 3.36. The molecule has 0 fully saturated rings. The zero-order chi connectivity index (χ0) is 16.2. The molecule has 3 nitrogen and oxygen atoms in total. The number of benzene rings is 1. The second-order valence-corrected chi connectivity index (χ2v) is 5.75. The van der Waals surface area contributed by atoms with E-state index in [2.05, 4.69) is 6.58 Å². The molecule has 1 unspecified atom stereocenters. The van der Waals surface area contributed by atoms with E-state index in [1.165, 1.54) is 6.92 Å². The summed E-state index contributed by atoms with van der Waals surface area (Å²) in [6.45, 7) is 10.9. The van der Waals surface area contributed by atoms with Gasteiger partial charge < -0.3 is 10.2 Å². The number of phenolic OH excluding ortho intramolecular Hbond substituents is 1. The molecule has 3 heteroatoms. The highest BCUT2D eigenvalue weighted by atomic mass is 16.3. The van der Waals surface area contributed by atoms with E-state index in [0.29, 0.717) is 28.7 Å². The highest BCUT2D eigenvalue weighted by molar-refractivity contribution is 5.94. The van der Waals surface area contributed by atoms with Crippen LogP contribution < -0.4 is 0 Å². The first-order valence-corrected chi connectivity index (χ1v) is 7.05. The molecule has 0 saturated heterocycles. The summed E-state index contributed by atoms with van der Waals surface area (Å²) in [4.78, 5) is 11.6. The Bertz CT molecular complexity index is 578. The van der Waals surface area contributed by atoms with Crippen LogP contribution >= 0.6 is 0 Å². The summed E-state index contributed by atoms with van der Waals surface area (Å²) in [6.07, 6.45) is 2.09. The number of phenols is 1. The Morgan fingerprint density at radius 3 is 2.29 bits per heavy atom. The third-order valence-electron chi connectivity index (χ3n) is 3.39. The predicted molar refractivity (Wildman–Crippen MR) is 85.8 cm³/mol. The van der Waals surface area contributed by atoms with Crippen LogP contribution in [0.4, 0.5) is 0 Å². The Balaban J connectivity index is 3.25. The largest absolute Gasteiger partial charge is 0.507 e. The maximum absolute atomic E-state index is 11.6. The summed E-state index contributed by atoms with van der Waals surface area (Å²) < 4.78 is 0. The number of allylic oxidation sites excluding steroid dienone is 2. The molecule has 2 N–H and O–H groups in total. The summed E-state index contributed by atoms with van der Waals surface area (Å²) in [7, 11) is 0. The van der Waals surface area contributed by atoms with Crippen LogP contribution in [0.1, 0.15) is 49.2 Å². The molecule has 0 bridgehead atoms. The number of Topliss-reactive ketones (excluding diaryl/α,β-unsaturated/α-hetero) is 1. The molecule has 0 heterocycles. The van der Waals surface area contributed by atoms with Crippen molar-refractivity contribution < 1.29 is 15.0 Å². The maximum Gasteiger partial charge on any atom is 0.159 e. The minimum Gasteiger partial charge on any atom is -0.507 e. The van der Waals surface area contributed by atoms with Crippen molar-refractivity contribution in [2.75, 3.05) is 0 Å². The first kappa shape index (κ1) is 17.2. The zero-order valence-corrected chi connectivity index (χ0v) is 13.2. The van der Waals surface area contributed by atoms with Gasteiger partial charge in [0.2, 0.25) is 0 Å². The number of aromatic hydroxyl groups is 1. The molecule has 1 aromatic rings. The summed E-state index contributed by atoms with van der Waals surface area (Å²) >= 11 is 0. The molecule has 1 rings (SSSR count). The van der Waals surface area contributed by atoms with Gasteiger partial charge in [0.05, 0.1) is 6.10 Å². The molecule has 0 aliphatic heterocycles. The molecule has 21 heavy (non-hydrogen) atoms. The third-order valence-corrected chi connectivity index (χ3v) is 3.39. The van der Waals surface area contributed by atoms with E-state index in [1.54, 1.807) is 19.1 Å². The molecule has 0 amide bonds. The Labute approximate surface area is 126 Å². The van der Waals surface area contributed by atoms with Gasteiger partial charge >= 0.3 is 0 Å². The number of aliphatic hydroxyl groups excluding tert-OH is 1. The fourth-order valence-corrected chi connectivity index (χ4v) is 1.97. The number of hydrogen-bond acceptors (Lipinski definition) is 3. The van der Waals surface area contributed by atoms with E-state index < -0.39 is 6.10 Å². The Kier molecular flexibility index (Phi) is 5.91. The number of carbonyl (C=O) groups excluding carboxylic acids is 1. The number of ketones is 1. The lowest BCUT2D eigenvalue weighted by atomic mass is 9.95. The lowest BCUT2D eigenvalue weighted by Gasteiger charge is -2.15. The normalized spacial score (nSPS) is 11.9. The average Bonchev–Trinajstić information content (AvgIpc) is 2.38. The molecule has 0 spiro atoms. The molecule has 0 aliphatic rings. The van der Waals surface area contributed by atoms with Gasteiger partial charge in [0.15, 0.2) is 5.78 Å². The number of aliphatic hydroxyl groups is 1. The molecular formula is C18H24O3. The van der Waals surface area contributed by atoms with Crippen LogP contribution in [0, 0.1) is 0 Å². The van der Waals surface area contributed by atoms with Gasteiger partial charge in [0.1, 0.15) is 5.75 Å². The Morgan fingerprint density at radius 1 is 1.24 bits per heavy atom. The lowest BCUT2D eigenvalue weighted by molar-refractivity contribution is 0.101. The van der Waals surface area contributed by atoms with E-state index in [0.717, 1.165) is 5.57 Å². The van der Waals surface area contributed by atoms with Crippen molar-refractivity contribution in [2.45, 2.75) is 46.6 Å². The van der Waals surface area contributed by atoms with Crippen LogP contribution in [-0.4, -0.2) is 22.1 Å². The highest BCUT2D eigenvalue weighted by Gasteiger charge is 2.15. The third kappa shape index (κ3) is 4.87. The maximum atomic E-state index is 11.6. The van der Waals surface area contributed by atoms with E-state index >= 15 is 0 Å². The number of rotatable bonds is 6. The fourth-order valence-electron chi connectivity index (χ4n) is 1.97. The molecule has 114 valence electrons.